The molecule has 26 heavy (non-hydrogen) atoms. The van der Waals surface area contributed by atoms with E-state index in [0.29, 0.717) is 5.02 Å². The molecule has 0 atom stereocenters. The number of hydrogen-bond donors (Lipinski definition) is 2. The van der Waals surface area contributed by atoms with Crippen molar-refractivity contribution in [3.8, 4) is 11.5 Å². The standard InChI is InChI=1S/C17H16ClF3N2O3/c1-25-14-7-6-12(8-15(14)26-10-17(19,20)21)23-16(24)22-9-11-4-2-3-5-13(11)18/h2-8H,9-10H2,1H3,(H2,22,23,24). The number of carbonyl (C=O) groups excluding carboxylic acids is 1. The van der Waals surface area contributed by atoms with Crippen molar-refractivity contribution in [2.45, 2.75) is 12.7 Å². The van der Waals surface area contributed by atoms with Crippen LogP contribution in [0.5, 0.6) is 11.5 Å². The Morgan fingerprint density at radius 2 is 1.88 bits per heavy atom. The highest BCUT2D eigenvalue weighted by atomic mass is 35.5. The van der Waals surface area contributed by atoms with Crippen LogP contribution in [0.15, 0.2) is 42.5 Å². The zero-order valence-electron chi connectivity index (χ0n) is 13.7. The summed E-state index contributed by atoms with van der Waals surface area (Å²) in [6.45, 7) is -1.27. The van der Waals surface area contributed by atoms with Gasteiger partial charge in [0.25, 0.3) is 0 Å². The number of alkyl halides is 3. The minimum atomic E-state index is -4.49. The van der Waals surface area contributed by atoms with Crippen LogP contribution >= 0.6 is 11.6 Å². The van der Waals surface area contributed by atoms with Gasteiger partial charge in [0.1, 0.15) is 0 Å². The van der Waals surface area contributed by atoms with Crippen LogP contribution in [0.4, 0.5) is 23.7 Å². The Hall–Kier alpha value is -2.61. The van der Waals surface area contributed by atoms with E-state index in [2.05, 4.69) is 10.6 Å². The van der Waals surface area contributed by atoms with Crippen LogP contribution in [-0.4, -0.2) is 25.9 Å². The molecule has 2 aromatic carbocycles. The Kier molecular flexibility index (Phi) is 6.57. The molecule has 0 aromatic heterocycles. The van der Waals surface area contributed by atoms with Crippen molar-refractivity contribution in [2.24, 2.45) is 0 Å². The van der Waals surface area contributed by atoms with E-state index >= 15 is 0 Å². The first-order valence-electron chi connectivity index (χ1n) is 7.44. The quantitative estimate of drug-likeness (QED) is 0.759. The van der Waals surface area contributed by atoms with Gasteiger partial charge < -0.3 is 20.1 Å². The van der Waals surface area contributed by atoms with Gasteiger partial charge in [0, 0.05) is 23.3 Å². The number of rotatable bonds is 6. The van der Waals surface area contributed by atoms with Crippen molar-refractivity contribution in [1.82, 2.24) is 5.32 Å². The molecule has 0 aliphatic carbocycles. The molecule has 2 amide bonds. The maximum atomic E-state index is 12.3. The summed E-state index contributed by atoms with van der Waals surface area (Å²) in [5.41, 5.74) is 0.980. The molecule has 2 rings (SSSR count). The second-order valence-electron chi connectivity index (χ2n) is 5.17. The lowest BCUT2D eigenvalue weighted by Gasteiger charge is -2.14. The molecule has 0 aliphatic rings. The number of hydrogen-bond acceptors (Lipinski definition) is 3. The molecule has 2 aromatic rings. The van der Waals surface area contributed by atoms with E-state index in [1.165, 1.54) is 25.3 Å². The first kappa shape index (κ1) is 19.7. The lowest BCUT2D eigenvalue weighted by Crippen LogP contribution is -2.28. The number of benzene rings is 2. The van der Waals surface area contributed by atoms with Gasteiger partial charge in [-0.15, -0.1) is 0 Å². The fraction of sp³-hybridized carbons (Fsp3) is 0.235. The van der Waals surface area contributed by atoms with Gasteiger partial charge in [-0.1, -0.05) is 29.8 Å². The van der Waals surface area contributed by atoms with Gasteiger partial charge in [-0.3, -0.25) is 0 Å². The summed E-state index contributed by atoms with van der Waals surface area (Å²) in [5, 5.41) is 5.63. The van der Waals surface area contributed by atoms with Crippen molar-refractivity contribution in [3.05, 3.63) is 53.1 Å². The maximum absolute atomic E-state index is 12.3. The Labute approximate surface area is 153 Å². The van der Waals surface area contributed by atoms with Crippen LogP contribution in [0.25, 0.3) is 0 Å². The van der Waals surface area contributed by atoms with Crippen LogP contribution in [0.1, 0.15) is 5.56 Å². The molecule has 0 radical (unpaired) electrons. The fourth-order valence-corrected chi connectivity index (χ4v) is 2.22. The monoisotopic (exact) mass is 388 g/mol. The van der Waals surface area contributed by atoms with Gasteiger partial charge >= 0.3 is 12.2 Å². The SMILES string of the molecule is COc1ccc(NC(=O)NCc2ccccc2Cl)cc1OCC(F)(F)F. The average Bonchev–Trinajstić information content (AvgIpc) is 2.59. The Bertz CT molecular complexity index is 769. The number of anilines is 1. The summed E-state index contributed by atoms with van der Waals surface area (Å²) in [4.78, 5) is 12.0. The molecule has 0 heterocycles. The third-order valence-electron chi connectivity index (χ3n) is 3.21. The number of ether oxygens (including phenoxy) is 2. The third-order valence-corrected chi connectivity index (χ3v) is 3.58. The first-order valence-corrected chi connectivity index (χ1v) is 7.82. The normalized spacial score (nSPS) is 11.0. The lowest BCUT2D eigenvalue weighted by molar-refractivity contribution is -0.153. The van der Waals surface area contributed by atoms with Crippen LogP contribution < -0.4 is 20.1 Å². The van der Waals surface area contributed by atoms with E-state index in [1.54, 1.807) is 24.3 Å². The van der Waals surface area contributed by atoms with E-state index in [-0.39, 0.29) is 23.7 Å². The van der Waals surface area contributed by atoms with Crippen molar-refractivity contribution in [3.63, 3.8) is 0 Å². The van der Waals surface area contributed by atoms with Gasteiger partial charge in [0.15, 0.2) is 18.1 Å². The summed E-state index contributed by atoms with van der Waals surface area (Å²) >= 11 is 6.00. The number of urea groups is 1. The minimum Gasteiger partial charge on any atom is -0.493 e. The predicted molar refractivity (Wildman–Crippen MR) is 91.9 cm³/mol. The third kappa shape index (κ3) is 6.03. The van der Waals surface area contributed by atoms with Crippen molar-refractivity contribution >= 4 is 23.3 Å². The molecular weight excluding hydrogens is 373 g/mol. The molecule has 0 spiro atoms. The van der Waals surface area contributed by atoms with E-state index in [4.69, 9.17) is 21.1 Å². The Balaban J connectivity index is 1.99. The molecule has 0 saturated heterocycles. The highest BCUT2D eigenvalue weighted by molar-refractivity contribution is 6.31. The van der Waals surface area contributed by atoms with Crippen molar-refractivity contribution < 1.29 is 27.4 Å². The molecule has 0 bridgehead atoms. The van der Waals surface area contributed by atoms with E-state index in [1.807, 2.05) is 0 Å². The molecule has 0 saturated carbocycles. The van der Waals surface area contributed by atoms with Gasteiger partial charge in [-0.25, -0.2) is 4.79 Å². The molecule has 140 valence electrons. The number of halogens is 4. The first-order chi connectivity index (χ1) is 12.3. The molecule has 0 aliphatic heterocycles. The molecular formula is C17H16ClF3N2O3. The topological polar surface area (TPSA) is 59.6 Å². The van der Waals surface area contributed by atoms with E-state index in [9.17, 15) is 18.0 Å². The van der Waals surface area contributed by atoms with Gasteiger partial charge in [-0.2, -0.15) is 13.2 Å². The van der Waals surface area contributed by atoms with Gasteiger partial charge in [-0.05, 0) is 23.8 Å². The second kappa shape index (κ2) is 8.66. The van der Waals surface area contributed by atoms with Crippen LogP contribution in [-0.2, 0) is 6.54 Å². The van der Waals surface area contributed by atoms with Crippen molar-refractivity contribution in [1.29, 1.82) is 0 Å². The summed E-state index contributed by atoms with van der Waals surface area (Å²) in [6.07, 6.45) is -4.49. The van der Waals surface area contributed by atoms with Gasteiger partial charge in [0.05, 0.1) is 7.11 Å². The van der Waals surface area contributed by atoms with Gasteiger partial charge in [0.2, 0.25) is 0 Å². The van der Waals surface area contributed by atoms with E-state index < -0.39 is 18.8 Å². The second-order valence-corrected chi connectivity index (χ2v) is 5.58. The largest absolute Gasteiger partial charge is 0.493 e. The summed E-state index contributed by atoms with van der Waals surface area (Å²) in [6, 6.07) is 10.6. The average molecular weight is 389 g/mol. The molecule has 5 nitrogen and oxygen atoms in total. The predicted octanol–water partition coefficient (Wildman–Crippen LogP) is 4.61. The molecule has 0 unspecified atom stereocenters. The highest BCUT2D eigenvalue weighted by Gasteiger charge is 2.29. The number of methoxy groups -OCH3 is 1. The highest BCUT2D eigenvalue weighted by Crippen LogP contribution is 2.31. The Morgan fingerprint density at radius 3 is 2.54 bits per heavy atom. The maximum Gasteiger partial charge on any atom is 0.422 e. The molecule has 2 N–H and O–H groups in total. The molecule has 0 fully saturated rings. The van der Waals surface area contributed by atoms with Crippen LogP contribution in [0.2, 0.25) is 5.02 Å². The lowest BCUT2D eigenvalue weighted by atomic mass is 10.2. The summed E-state index contributed by atoms with van der Waals surface area (Å²) < 4.78 is 46.7. The fourth-order valence-electron chi connectivity index (χ4n) is 2.02. The number of carbonyl (C=O) groups is 1. The molecule has 9 heteroatoms. The zero-order valence-corrected chi connectivity index (χ0v) is 14.4. The zero-order chi connectivity index (χ0) is 19.2. The minimum absolute atomic E-state index is 0.122. The van der Waals surface area contributed by atoms with E-state index in [0.717, 1.165) is 5.56 Å². The summed E-state index contributed by atoms with van der Waals surface area (Å²) in [7, 11) is 1.30. The Morgan fingerprint density at radius 1 is 1.15 bits per heavy atom. The van der Waals surface area contributed by atoms with Crippen molar-refractivity contribution in [2.75, 3.05) is 19.0 Å². The number of nitrogens with one attached hydrogen (secondary N) is 2. The smallest absolute Gasteiger partial charge is 0.422 e. The number of amides is 2. The summed E-state index contributed by atoms with van der Waals surface area (Å²) in [5.74, 6) is -0.00926. The van der Waals surface area contributed by atoms with Crippen LogP contribution in [0.3, 0.4) is 0 Å². The van der Waals surface area contributed by atoms with Crippen LogP contribution in [0, 0.1) is 0 Å².